The molecule has 0 saturated heterocycles. The first kappa shape index (κ1) is 13.5. The molecule has 0 radical (unpaired) electrons. The van der Waals surface area contributed by atoms with Crippen LogP contribution in [0.15, 0.2) is 43.0 Å². The van der Waals surface area contributed by atoms with Crippen LogP contribution in [0.4, 0.5) is 0 Å². The summed E-state index contributed by atoms with van der Waals surface area (Å²) in [6.07, 6.45) is 2.33. The van der Waals surface area contributed by atoms with Crippen LogP contribution in [0.5, 0.6) is 0 Å². The molecule has 0 aromatic heterocycles. The molecule has 3 nitrogen and oxygen atoms in total. The van der Waals surface area contributed by atoms with E-state index < -0.39 is 0 Å². The van der Waals surface area contributed by atoms with Gasteiger partial charge in [0.15, 0.2) is 0 Å². The van der Waals surface area contributed by atoms with Gasteiger partial charge < -0.3 is 4.74 Å². The molecule has 0 N–H and O–H groups in total. The second-order valence-electron chi connectivity index (χ2n) is 4.10. The van der Waals surface area contributed by atoms with Crippen LogP contribution in [0.25, 0.3) is 0 Å². The van der Waals surface area contributed by atoms with Crippen LogP contribution in [-0.4, -0.2) is 31.0 Å². The first-order chi connectivity index (χ1) is 8.15. The number of benzene rings is 1. The molecule has 1 unspecified atom stereocenters. The normalized spacial score (nSPS) is 12.2. The highest BCUT2D eigenvalue weighted by atomic mass is 16.5. The van der Waals surface area contributed by atoms with Gasteiger partial charge in [0.25, 0.3) is 0 Å². The maximum absolute atomic E-state index is 11.8. The van der Waals surface area contributed by atoms with Crippen molar-refractivity contribution >= 4 is 5.97 Å². The van der Waals surface area contributed by atoms with E-state index in [2.05, 4.69) is 6.58 Å². The van der Waals surface area contributed by atoms with E-state index in [0.29, 0.717) is 13.0 Å². The minimum absolute atomic E-state index is 0.209. The van der Waals surface area contributed by atoms with Crippen molar-refractivity contribution in [3.8, 4) is 0 Å². The van der Waals surface area contributed by atoms with Crippen LogP contribution in [0.2, 0.25) is 0 Å². The van der Waals surface area contributed by atoms with Crippen LogP contribution in [-0.2, 0) is 16.1 Å². The predicted molar refractivity (Wildman–Crippen MR) is 68.5 cm³/mol. The Morgan fingerprint density at radius 2 is 2.06 bits per heavy atom. The lowest BCUT2D eigenvalue weighted by atomic mass is 10.2. The lowest BCUT2D eigenvalue weighted by Gasteiger charge is -2.21. The summed E-state index contributed by atoms with van der Waals surface area (Å²) in [6, 6.07) is 9.41. The number of ether oxygens (including phenoxy) is 1. The van der Waals surface area contributed by atoms with E-state index in [1.807, 2.05) is 49.3 Å². The zero-order chi connectivity index (χ0) is 12.7. The van der Waals surface area contributed by atoms with Gasteiger partial charge in [-0.2, -0.15) is 0 Å². The lowest BCUT2D eigenvalue weighted by Crippen LogP contribution is -2.36. The fourth-order valence-electron chi connectivity index (χ4n) is 1.50. The summed E-state index contributed by atoms with van der Waals surface area (Å²) in [7, 11) is 3.72. The summed E-state index contributed by atoms with van der Waals surface area (Å²) in [5.74, 6) is -0.209. The molecule has 1 rings (SSSR count). The highest BCUT2D eigenvalue weighted by Gasteiger charge is 2.20. The van der Waals surface area contributed by atoms with Crippen LogP contribution >= 0.6 is 0 Å². The number of nitrogens with zero attached hydrogens (tertiary/aromatic N) is 1. The van der Waals surface area contributed by atoms with Gasteiger partial charge in [0.2, 0.25) is 0 Å². The van der Waals surface area contributed by atoms with Gasteiger partial charge in [-0.25, -0.2) is 0 Å². The fourth-order valence-corrected chi connectivity index (χ4v) is 1.50. The molecule has 0 heterocycles. The Balaban J connectivity index is 2.50. The van der Waals surface area contributed by atoms with Crippen molar-refractivity contribution in [1.82, 2.24) is 4.90 Å². The average Bonchev–Trinajstić information content (AvgIpc) is 2.34. The molecule has 1 aromatic rings. The Kier molecular flexibility index (Phi) is 5.43. The summed E-state index contributed by atoms with van der Waals surface area (Å²) < 4.78 is 5.28. The Labute approximate surface area is 103 Å². The Morgan fingerprint density at radius 1 is 1.41 bits per heavy atom. The molecule has 0 aliphatic carbocycles. The molecule has 0 saturated carbocycles. The number of rotatable bonds is 6. The first-order valence-electron chi connectivity index (χ1n) is 5.63. The molecule has 17 heavy (non-hydrogen) atoms. The van der Waals surface area contributed by atoms with Gasteiger partial charge in [-0.3, -0.25) is 9.69 Å². The molecule has 0 aliphatic rings. The molecular weight excluding hydrogens is 214 g/mol. The van der Waals surface area contributed by atoms with Gasteiger partial charge in [-0.15, -0.1) is 6.58 Å². The van der Waals surface area contributed by atoms with Crippen molar-refractivity contribution in [2.75, 3.05) is 14.1 Å². The van der Waals surface area contributed by atoms with Gasteiger partial charge in [0, 0.05) is 0 Å². The minimum Gasteiger partial charge on any atom is -0.460 e. The van der Waals surface area contributed by atoms with E-state index in [0.717, 1.165) is 5.56 Å². The second-order valence-corrected chi connectivity index (χ2v) is 4.10. The highest BCUT2D eigenvalue weighted by Crippen LogP contribution is 2.06. The van der Waals surface area contributed by atoms with Crippen molar-refractivity contribution < 1.29 is 9.53 Å². The Bertz CT molecular complexity index is 360. The smallest absolute Gasteiger partial charge is 0.323 e. The zero-order valence-electron chi connectivity index (χ0n) is 10.4. The number of carbonyl (C=O) groups excluding carboxylic acids is 1. The monoisotopic (exact) mass is 233 g/mol. The number of carbonyl (C=O) groups is 1. The quantitative estimate of drug-likeness (QED) is 0.557. The summed E-state index contributed by atoms with van der Waals surface area (Å²) in [4.78, 5) is 13.7. The number of likely N-dealkylation sites (N-methyl/N-ethyl adjacent to an activating group) is 1. The molecule has 0 bridgehead atoms. The van der Waals surface area contributed by atoms with Crippen LogP contribution in [0.1, 0.15) is 12.0 Å². The molecule has 0 spiro atoms. The van der Waals surface area contributed by atoms with Gasteiger partial charge in [-0.1, -0.05) is 36.4 Å². The topological polar surface area (TPSA) is 29.5 Å². The van der Waals surface area contributed by atoms with E-state index in [4.69, 9.17) is 4.74 Å². The van der Waals surface area contributed by atoms with E-state index in [-0.39, 0.29) is 12.0 Å². The van der Waals surface area contributed by atoms with Crippen LogP contribution < -0.4 is 0 Å². The van der Waals surface area contributed by atoms with Crippen molar-refractivity contribution in [3.63, 3.8) is 0 Å². The summed E-state index contributed by atoms with van der Waals surface area (Å²) in [5, 5.41) is 0. The predicted octanol–water partition coefficient (Wildman–Crippen LogP) is 2.24. The van der Waals surface area contributed by atoms with E-state index in [1.165, 1.54) is 0 Å². The molecule has 1 atom stereocenters. The third kappa shape index (κ3) is 4.41. The molecule has 92 valence electrons. The van der Waals surface area contributed by atoms with Crippen LogP contribution in [0.3, 0.4) is 0 Å². The number of hydrogen-bond acceptors (Lipinski definition) is 3. The molecule has 0 amide bonds. The first-order valence-corrected chi connectivity index (χ1v) is 5.63. The second kappa shape index (κ2) is 6.86. The van der Waals surface area contributed by atoms with E-state index >= 15 is 0 Å². The third-order valence-electron chi connectivity index (χ3n) is 2.51. The SMILES string of the molecule is C=CCC(C(=O)OCc1ccccc1)N(C)C. The lowest BCUT2D eigenvalue weighted by molar-refractivity contribution is -0.150. The van der Waals surface area contributed by atoms with Crippen molar-refractivity contribution in [3.05, 3.63) is 48.6 Å². The maximum Gasteiger partial charge on any atom is 0.323 e. The zero-order valence-corrected chi connectivity index (χ0v) is 10.4. The van der Waals surface area contributed by atoms with Gasteiger partial charge in [0.1, 0.15) is 12.6 Å². The van der Waals surface area contributed by atoms with Crippen molar-refractivity contribution in [2.24, 2.45) is 0 Å². The summed E-state index contributed by atoms with van der Waals surface area (Å²) in [5.41, 5.74) is 0.997. The van der Waals surface area contributed by atoms with Gasteiger partial charge in [-0.05, 0) is 26.1 Å². The number of esters is 1. The van der Waals surface area contributed by atoms with Crippen LogP contribution in [0, 0.1) is 0 Å². The summed E-state index contributed by atoms with van der Waals surface area (Å²) in [6.45, 7) is 3.97. The Hall–Kier alpha value is -1.61. The fraction of sp³-hybridized carbons (Fsp3) is 0.357. The van der Waals surface area contributed by atoms with Gasteiger partial charge in [0.05, 0.1) is 0 Å². The van der Waals surface area contributed by atoms with E-state index in [9.17, 15) is 4.79 Å². The van der Waals surface area contributed by atoms with Crippen molar-refractivity contribution in [2.45, 2.75) is 19.1 Å². The summed E-state index contributed by atoms with van der Waals surface area (Å²) >= 11 is 0. The van der Waals surface area contributed by atoms with Gasteiger partial charge >= 0.3 is 5.97 Å². The molecule has 1 aromatic carbocycles. The highest BCUT2D eigenvalue weighted by molar-refractivity contribution is 5.75. The molecular formula is C14H19NO2. The van der Waals surface area contributed by atoms with Crippen molar-refractivity contribution in [1.29, 1.82) is 0 Å². The third-order valence-corrected chi connectivity index (χ3v) is 2.51. The Morgan fingerprint density at radius 3 is 2.59 bits per heavy atom. The molecule has 3 heteroatoms. The molecule has 0 aliphatic heterocycles. The number of hydrogen-bond donors (Lipinski definition) is 0. The standard InChI is InChI=1S/C14H19NO2/c1-4-8-13(15(2)3)14(16)17-11-12-9-6-5-7-10-12/h4-7,9-10,13H,1,8,11H2,2-3H3. The van der Waals surface area contributed by atoms with E-state index in [1.54, 1.807) is 6.08 Å². The largest absolute Gasteiger partial charge is 0.460 e. The average molecular weight is 233 g/mol. The minimum atomic E-state index is -0.254. The maximum atomic E-state index is 11.8. The molecule has 0 fully saturated rings.